The Kier molecular flexibility index (Phi) is 4.08. The van der Waals surface area contributed by atoms with Gasteiger partial charge in [-0.3, -0.25) is 4.79 Å². The molecule has 2 N–H and O–H groups in total. The van der Waals surface area contributed by atoms with Gasteiger partial charge in [0, 0.05) is 16.6 Å². The van der Waals surface area contributed by atoms with E-state index in [2.05, 4.69) is 13.0 Å². The minimum atomic E-state index is -0.00935. The monoisotopic (exact) mass is 350 g/mol. The molecule has 1 aromatic carbocycles. The molecule has 0 bridgehead atoms. The average molecular weight is 350 g/mol. The maximum Gasteiger partial charge on any atom is 0.205 e. The molecule has 0 unspecified atom stereocenters. The van der Waals surface area contributed by atoms with Crippen molar-refractivity contribution in [3.63, 3.8) is 0 Å². The molecular weight excluding hydrogens is 328 g/mol. The predicted octanol–water partition coefficient (Wildman–Crippen LogP) is 4.93. The largest absolute Gasteiger partial charge is 0.397 e. The maximum absolute atomic E-state index is 12.9. The summed E-state index contributed by atoms with van der Waals surface area (Å²) < 4.78 is 0. The highest BCUT2D eigenvalue weighted by atomic mass is 32.1. The fraction of sp³-hybridized carbons (Fsp3) is 0.333. The van der Waals surface area contributed by atoms with Crippen molar-refractivity contribution in [1.82, 2.24) is 4.98 Å². The van der Waals surface area contributed by atoms with Gasteiger partial charge in [0.15, 0.2) is 0 Å². The molecule has 0 aliphatic heterocycles. The molecule has 0 saturated carbocycles. The Balaban J connectivity index is 1.77. The number of thiophene rings is 1. The van der Waals surface area contributed by atoms with Crippen molar-refractivity contribution in [3.8, 4) is 0 Å². The van der Waals surface area contributed by atoms with E-state index in [-0.39, 0.29) is 5.78 Å². The number of aromatic nitrogens is 1. The fourth-order valence-electron chi connectivity index (χ4n) is 3.62. The lowest BCUT2D eigenvalue weighted by atomic mass is 9.85. The van der Waals surface area contributed by atoms with Crippen molar-refractivity contribution in [2.75, 3.05) is 5.73 Å². The number of hydrogen-bond acceptors (Lipinski definition) is 4. The molecule has 0 spiro atoms. The van der Waals surface area contributed by atoms with Crippen molar-refractivity contribution in [2.24, 2.45) is 5.92 Å². The molecule has 1 aliphatic carbocycles. The molecule has 4 heteroatoms. The number of benzene rings is 1. The van der Waals surface area contributed by atoms with E-state index in [1.165, 1.54) is 35.4 Å². The highest BCUT2D eigenvalue weighted by Gasteiger charge is 2.23. The highest BCUT2D eigenvalue weighted by Crippen LogP contribution is 2.37. The molecule has 1 aliphatic rings. The Morgan fingerprint density at radius 1 is 1.32 bits per heavy atom. The van der Waals surface area contributed by atoms with Crippen molar-refractivity contribution >= 4 is 33.0 Å². The quantitative estimate of drug-likeness (QED) is 0.681. The normalized spacial score (nSPS) is 16.8. The van der Waals surface area contributed by atoms with Crippen LogP contribution in [-0.4, -0.2) is 10.8 Å². The van der Waals surface area contributed by atoms with Crippen molar-refractivity contribution in [1.29, 1.82) is 0 Å². The van der Waals surface area contributed by atoms with Gasteiger partial charge in [0.25, 0.3) is 0 Å². The number of nitrogens with zero attached hydrogens (tertiary/aromatic N) is 1. The lowest BCUT2D eigenvalue weighted by Gasteiger charge is -2.22. The summed E-state index contributed by atoms with van der Waals surface area (Å²) in [6.07, 6.45) is 4.51. The first-order chi connectivity index (χ1) is 12.1. The Hall–Kier alpha value is -2.20. The zero-order chi connectivity index (χ0) is 17.6. The number of nitrogens with two attached hydrogens (primary N) is 1. The SMILES string of the molecule is CC[C@H]1CCc2nc3sc(C(=O)c4ccc(C)cc4)c(N)c3cc2C1. The molecular formula is C21H22N2OS. The van der Waals surface area contributed by atoms with Gasteiger partial charge in [0.1, 0.15) is 9.71 Å². The lowest BCUT2D eigenvalue weighted by Crippen LogP contribution is -2.14. The minimum Gasteiger partial charge on any atom is -0.397 e. The van der Waals surface area contributed by atoms with Gasteiger partial charge < -0.3 is 5.73 Å². The Morgan fingerprint density at radius 2 is 2.08 bits per heavy atom. The number of carbonyl (C=O) groups excluding carboxylic acids is 1. The van der Waals surface area contributed by atoms with E-state index in [4.69, 9.17) is 10.7 Å². The van der Waals surface area contributed by atoms with Crippen molar-refractivity contribution < 1.29 is 4.79 Å². The number of carbonyl (C=O) groups is 1. The summed E-state index contributed by atoms with van der Waals surface area (Å²) in [4.78, 5) is 19.2. The van der Waals surface area contributed by atoms with Crippen LogP contribution in [0, 0.1) is 12.8 Å². The molecule has 0 saturated heterocycles. The number of hydrogen-bond donors (Lipinski definition) is 1. The van der Waals surface area contributed by atoms with Crippen LogP contribution in [0.15, 0.2) is 30.3 Å². The third-order valence-electron chi connectivity index (χ3n) is 5.28. The summed E-state index contributed by atoms with van der Waals surface area (Å²) in [6.45, 7) is 4.26. The molecule has 1 atom stereocenters. The van der Waals surface area contributed by atoms with E-state index < -0.39 is 0 Å². The maximum atomic E-state index is 12.9. The van der Waals surface area contributed by atoms with Crippen LogP contribution < -0.4 is 5.73 Å². The van der Waals surface area contributed by atoms with Crippen molar-refractivity contribution in [3.05, 3.63) is 57.6 Å². The van der Waals surface area contributed by atoms with Crippen LogP contribution in [0.4, 0.5) is 5.69 Å². The van der Waals surface area contributed by atoms with Gasteiger partial charge >= 0.3 is 0 Å². The van der Waals surface area contributed by atoms with Crippen LogP contribution in [0.5, 0.6) is 0 Å². The van der Waals surface area contributed by atoms with E-state index in [0.29, 0.717) is 16.1 Å². The van der Waals surface area contributed by atoms with Gasteiger partial charge in [-0.15, -0.1) is 11.3 Å². The first-order valence-corrected chi connectivity index (χ1v) is 9.70. The molecule has 2 aromatic heterocycles. The van der Waals surface area contributed by atoms with Gasteiger partial charge in [-0.05, 0) is 43.7 Å². The van der Waals surface area contributed by atoms with E-state index in [1.807, 2.05) is 31.2 Å². The summed E-state index contributed by atoms with van der Waals surface area (Å²) >= 11 is 1.42. The van der Waals surface area contributed by atoms with Gasteiger partial charge in [-0.25, -0.2) is 4.98 Å². The molecule has 0 fully saturated rings. The van der Waals surface area contributed by atoms with E-state index >= 15 is 0 Å². The number of rotatable bonds is 3. The molecule has 3 nitrogen and oxygen atoms in total. The first kappa shape index (κ1) is 16.3. The topological polar surface area (TPSA) is 56.0 Å². The van der Waals surface area contributed by atoms with Crippen LogP contribution in [0.2, 0.25) is 0 Å². The van der Waals surface area contributed by atoms with Crippen LogP contribution in [-0.2, 0) is 12.8 Å². The average Bonchev–Trinajstić information content (AvgIpc) is 2.95. The fourth-order valence-corrected chi connectivity index (χ4v) is 4.68. The van der Waals surface area contributed by atoms with Crippen LogP contribution in [0.1, 0.15) is 51.8 Å². The lowest BCUT2D eigenvalue weighted by molar-refractivity contribution is 0.104. The minimum absolute atomic E-state index is 0.00935. The van der Waals surface area contributed by atoms with E-state index in [9.17, 15) is 4.79 Å². The van der Waals surface area contributed by atoms with Crippen LogP contribution in [0.3, 0.4) is 0 Å². The predicted molar refractivity (Wildman–Crippen MR) is 104 cm³/mol. The number of fused-ring (bicyclic) bond motifs is 2. The number of pyridine rings is 1. The number of anilines is 1. The zero-order valence-corrected chi connectivity index (χ0v) is 15.5. The molecule has 0 amide bonds. The summed E-state index contributed by atoms with van der Waals surface area (Å²) in [5.74, 6) is 0.727. The smallest absolute Gasteiger partial charge is 0.205 e. The number of ketones is 1. The molecule has 128 valence electrons. The highest BCUT2D eigenvalue weighted by molar-refractivity contribution is 7.21. The van der Waals surface area contributed by atoms with Crippen LogP contribution in [0.25, 0.3) is 10.2 Å². The third-order valence-corrected chi connectivity index (χ3v) is 6.40. The van der Waals surface area contributed by atoms with Crippen LogP contribution >= 0.6 is 11.3 Å². The molecule has 4 rings (SSSR count). The molecule has 2 heterocycles. The standard InChI is InChI=1S/C21H22N2OS/c1-3-13-6-9-17-15(10-13)11-16-18(22)20(25-21(16)23-17)19(24)14-7-4-12(2)5-8-14/h4-5,7-8,11,13H,3,6,9-10,22H2,1-2H3/t13-/m0/s1. The Bertz CT molecular complexity index is 956. The first-order valence-electron chi connectivity index (χ1n) is 8.89. The summed E-state index contributed by atoms with van der Waals surface area (Å²) in [5, 5.41) is 0.941. The van der Waals surface area contributed by atoms with Gasteiger partial charge in [-0.1, -0.05) is 43.2 Å². The summed E-state index contributed by atoms with van der Waals surface area (Å²) in [6, 6.07) is 9.83. The van der Waals surface area contributed by atoms with Gasteiger partial charge in [-0.2, -0.15) is 0 Å². The van der Waals surface area contributed by atoms with E-state index in [0.717, 1.165) is 34.5 Å². The Labute approximate surface area is 151 Å². The van der Waals surface area contributed by atoms with Gasteiger partial charge in [0.05, 0.1) is 5.69 Å². The molecule has 3 aromatic rings. The summed E-state index contributed by atoms with van der Waals surface area (Å²) in [7, 11) is 0. The third kappa shape index (κ3) is 2.85. The van der Waals surface area contributed by atoms with E-state index in [1.54, 1.807) is 0 Å². The second kappa shape index (κ2) is 6.26. The number of aryl methyl sites for hydroxylation is 2. The second-order valence-electron chi connectivity index (χ2n) is 7.00. The van der Waals surface area contributed by atoms with Crippen molar-refractivity contribution in [2.45, 2.75) is 39.5 Å². The molecule has 25 heavy (non-hydrogen) atoms. The molecule has 0 radical (unpaired) electrons. The summed E-state index contributed by atoms with van der Waals surface area (Å²) in [5.41, 5.74) is 11.3. The Morgan fingerprint density at radius 3 is 2.80 bits per heavy atom. The van der Waals surface area contributed by atoms with Gasteiger partial charge in [0.2, 0.25) is 5.78 Å². The number of nitrogen functional groups attached to an aromatic ring is 1. The zero-order valence-electron chi connectivity index (χ0n) is 14.6. The second-order valence-corrected chi connectivity index (χ2v) is 8.00.